The van der Waals surface area contributed by atoms with Crippen LogP contribution >= 0.6 is 0 Å². The summed E-state index contributed by atoms with van der Waals surface area (Å²) < 4.78 is 5.92. The van der Waals surface area contributed by atoms with Crippen molar-refractivity contribution >= 4 is 11.4 Å². The van der Waals surface area contributed by atoms with E-state index in [1.807, 2.05) is 61.5 Å². The standard InChI is InChI=1S/C27H25N3O/c1-3-4-5-9-20-30(24-10-7-6-8-11-24)25-18-16-23(17-19-25)27-29-28-26(31-27)22-14-12-21(2)13-15-22/h3-19H,20H2,1-2H3/b4-3-,9-5-. The lowest BCUT2D eigenvalue weighted by molar-refractivity contribution is 0.584. The number of allylic oxidation sites excluding steroid dienone is 3. The molecule has 0 saturated heterocycles. The summed E-state index contributed by atoms with van der Waals surface area (Å²) in [6, 6.07) is 26.6. The lowest BCUT2D eigenvalue weighted by Crippen LogP contribution is -2.16. The van der Waals surface area contributed by atoms with Gasteiger partial charge in [0.05, 0.1) is 0 Å². The number of aromatic nitrogens is 2. The van der Waals surface area contributed by atoms with Crippen molar-refractivity contribution < 1.29 is 4.42 Å². The maximum absolute atomic E-state index is 5.92. The van der Waals surface area contributed by atoms with Crippen LogP contribution in [0.4, 0.5) is 11.4 Å². The van der Waals surface area contributed by atoms with E-state index >= 15 is 0 Å². The first-order valence-corrected chi connectivity index (χ1v) is 10.4. The molecule has 0 saturated carbocycles. The van der Waals surface area contributed by atoms with E-state index in [9.17, 15) is 0 Å². The van der Waals surface area contributed by atoms with Crippen LogP contribution in [0.2, 0.25) is 0 Å². The molecule has 0 amide bonds. The van der Waals surface area contributed by atoms with E-state index in [2.05, 4.69) is 70.6 Å². The van der Waals surface area contributed by atoms with Gasteiger partial charge in [0, 0.05) is 29.0 Å². The van der Waals surface area contributed by atoms with E-state index in [-0.39, 0.29) is 0 Å². The van der Waals surface area contributed by atoms with Crippen molar-refractivity contribution in [3.05, 3.63) is 109 Å². The first kappa shape index (κ1) is 20.4. The zero-order valence-electron chi connectivity index (χ0n) is 17.8. The topological polar surface area (TPSA) is 42.2 Å². The Bertz CT molecular complexity index is 1160. The zero-order valence-corrected chi connectivity index (χ0v) is 17.8. The minimum Gasteiger partial charge on any atom is -0.416 e. The monoisotopic (exact) mass is 407 g/mol. The average molecular weight is 408 g/mol. The highest BCUT2D eigenvalue weighted by Gasteiger charge is 2.12. The maximum Gasteiger partial charge on any atom is 0.248 e. The Labute approximate surface area is 183 Å². The van der Waals surface area contributed by atoms with Crippen LogP contribution < -0.4 is 4.90 Å². The van der Waals surface area contributed by atoms with Crippen LogP contribution in [0, 0.1) is 6.92 Å². The smallest absolute Gasteiger partial charge is 0.248 e. The molecule has 4 aromatic rings. The predicted octanol–water partition coefficient (Wildman–Crippen LogP) is 6.98. The van der Waals surface area contributed by atoms with Gasteiger partial charge in [0.2, 0.25) is 11.8 Å². The first-order valence-electron chi connectivity index (χ1n) is 10.4. The van der Waals surface area contributed by atoms with E-state index in [4.69, 9.17) is 4.42 Å². The van der Waals surface area contributed by atoms with Gasteiger partial charge in [-0.2, -0.15) is 0 Å². The molecule has 0 atom stereocenters. The molecule has 0 fully saturated rings. The van der Waals surface area contributed by atoms with Crippen LogP contribution in [0.25, 0.3) is 22.9 Å². The Morgan fingerprint density at radius 2 is 1.32 bits per heavy atom. The van der Waals surface area contributed by atoms with Crippen LogP contribution in [-0.4, -0.2) is 16.7 Å². The second-order valence-electron chi connectivity index (χ2n) is 7.23. The number of anilines is 2. The van der Waals surface area contributed by atoms with E-state index in [1.165, 1.54) is 5.56 Å². The minimum absolute atomic E-state index is 0.515. The van der Waals surface area contributed by atoms with Crippen molar-refractivity contribution in [2.45, 2.75) is 13.8 Å². The highest BCUT2D eigenvalue weighted by Crippen LogP contribution is 2.29. The van der Waals surface area contributed by atoms with Gasteiger partial charge in [-0.05, 0) is 62.4 Å². The van der Waals surface area contributed by atoms with Crippen molar-refractivity contribution in [1.29, 1.82) is 0 Å². The number of hydrogen-bond acceptors (Lipinski definition) is 4. The summed E-state index contributed by atoms with van der Waals surface area (Å²) in [6.45, 7) is 4.84. The molecular weight excluding hydrogens is 382 g/mol. The van der Waals surface area contributed by atoms with Crippen LogP contribution in [-0.2, 0) is 0 Å². The molecule has 0 aliphatic heterocycles. The largest absolute Gasteiger partial charge is 0.416 e. The molecule has 0 spiro atoms. The normalized spacial score (nSPS) is 11.4. The fourth-order valence-corrected chi connectivity index (χ4v) is 3.26. The molecule has 4 rings (SSSR count). The van der Waals surface area contributed by atoms with E-state index < -0.39 is 0 Å². The summed E-state index contributed by atoms with van der Waals surface area (Å²) in [6.07, 6.45) is 8.27. The summed E-state index contributed by atoms with van der Waals surface area (Å²) in [7, 11) is 0. The molecule has 154 valence electrons. The molecule has 4 heteroatoms. The number of aryl methyl sites for hydroxylation is 1. The molecule has 0 N–H and O–H groups in total. The van der Waals surface area contributed by atoms with Crippen molar-refractivity contribution in [1.82, 2.24) is 10.2 Å². The number of para-hydroxylation sites is 1. The number of benzene rings is 3. The Balaban J connectivity index is 1.57. The first-order chi connectivity index (χ1) is 15.2. The van der Waals surface area contributed by atoms with Gasteiger partial charge in [-0.15, -0.1) is 10.2 Å². The molecule has 0 aliphatic rings. The summed E-state index contributed by atoms with van der Waals surface area (Å²) in [5, 5.41) is 8.45. The van der Waals surface area contributed by atoms with Crippen LogP contribution in [0.5, 0.6) is 0 Å². The van der Waals surface area contributed by atoms with Gasteiger partial charge in [-0.3, -0.25) is 0 Å². The van der Waals surface area contributed by atoms with Crippen LogP contribution in [0.15, 0.2) is 108 Å². The fourth-order valence-electron chi connectivity index (χ4n) is 3.26. The summed E-state index contributed by atoms with van der Waals surface area (Å²) >= 11 is 0. The van der Waals surface area contributed by atoms with Crippen molar-refractivity contribution in [3.8, 4) is 22.9 Å². The average Bonchev–Trinajstić information content (AvgIpc) is 3.31. The van der Waals surface area contributed by atoms with Gasteiger partial charge in [0.25, 0.3) is 0 Å². The highest BCUT2D eigenvalue weighted by atomic mass is 16.4. The molecule has 1 aromatic heterocycles. The molecule has 31 heavy (non-hydrogen) atoms. The molecular formula is C27H25N3O. The highest BCUT2D eigenvalue weighted by molar-refractivity contribution is 5.67. The Kier molecular flexibility index (Phi) is 6.38. The molecule has 0 bridgehead atoms. The number of hydrogen-bond donors (Lipinski definition) is 0. The molecule has 0 radical (unpaired) electrons. The summed E-state index contributed by atoms with van der Waals surface area (Å²) in [4.78, 5) is 2.26. The lowest BCUT2D eigenvalue weighted by Gasteiger charge is -2.23. The van der Waals surface area contributed by atoms with Gasteiger partial charge >= 0.3 is 0 Å². The predicted molar refractivity (Wildman–Crippen MR) is 127 cm³/mol. The minimum atomic E-state index is 0.515. The van der Waals surface area contributed by atoms with E-state index in [0.717, 1.165) is 29.0 Å². The van der Waals surface area contributed by atoms with Gasteiger partial charge in [-0.1, -0.05) is 60.2 Å². The molecule has 0 unspecified atom stereocenters. The quantitative estimate of drug-likeness (QED) is 0.310. The second-order valence-corrected chi connectivity index (χ2v) is 7.23. The third-order valence-corrected chi connectivity index (χ3v) is 4.94. The van der Waals surface area contributed by atoms with Gasteiger partial charge in [0.15, 0.2) is 0 Å². The van der Waals surface area contributed by atoms with Gasteiger partial charge in [0.1, 0.15) is 0 Å². The van der Waals surface area contributed by atoms with Crippen LogP contribution in [0.3, 0.4) is 0 Å². The molecule has 1 heterocycles. The molecule has 0 aliphatic carbocycles. The number of rotatable bonds is 7. The molecule has 3 aromatic carbocycles. The Hall–Kier alpha value is -3.92. The summed E-state index contributed by atoms with van der Waals surface area (Å²) in [5.41, 5.74) is 5.25. The van der Waals surface area contributed by atoms with E-state index in [0.29, 0.717) is 11.8 Å². The maximum atomic E-state index is 5.92. The third-order valence-electron chi connectivity index (χ3n) is 4.94. The van der Waals surface area contributed by atoms with Gasteiger partial charge in [-0.25, -0.2) is 0 Å². The Morgan fingerprint density at radius 3 is 1.94 bits per heavy atom. The number of nitrogens with zero attached hydrogens (tertiary/aromatic N) is 3. The van der Waals surface area contributed by atoms with Crippen LogP contribution in [0.1, 0.15) is 12.5 Å². The molecule has 4 nitrogen and oxygen atoms in total. The van der Waals surface area contributed by atoms with Crippen molar-refractivity contribution in [3.63, 3.8) is 0 Å². The fraction of sp³-hybridized carbons (Fsp3) is 0.111. The summed E-state index contributed by atoms with van der Waals surface area (Å²) in [5.74, 6) is 1.04. The second kappa shape index (κ2) is 9.72. The lowest BCUT2D eigenvalue weighted by atomic mass is 10.1. The Morgan fingerprint density at radius 1 is 0.742 bits per heavy atom. The zero-order chi connectivity index (χ0) is 21.5. The third kappa shape index (κ3) is 4.98. The van der Waals surface area contributed by atoms with Crippen molar-refractivity contribution in [2.24, 2.45) is 0 Å². The van der Waals surface area contributed by atoms with Crippen molar-refractivity contribution in [2.75, 3.05) is 11.4 Å². The van der Waals surface area contributed by atoms with E-state index in [1.54, 1.807) is 0 Å². The SMILES string of the molecule is C/C=C\C=C/CN(c1ccccc1)c1ccc(-c2nnc(-c3ccc(C)cc3)o2)cc1. The van der Waals surface area contributed by atoms with Gasteiger partial charge < -0.3 is 9.32 Å².